The first kappa shape index (κ1) is 11.9. The van der Waals surface area contributed by atoms with E-state index in [0.29, 0.717) is 17.3 Å². The van der Waals surface area contributed by atoms with Crippen molar-refractivity contribution < 1.29 is 4.39 Å². The van der Waals surface area contributed by atoms with Gasteiger partial charge in [-0.15, -0.1) is 0 Å². The number of rotatable bonds is 3. The Bertz CT molecular complexity index is 537. The van der Waals surface area contributed by atoms with Crippen LogP contribution in [0.5, 0.6) is 0 Å². The number of nitrogens with one attached hydrogen (secondary N) is 1. The molecular formula is C12H13ClFN3. The molecule has 0 atom stereocenters. The van der Waals surface area contributed by atoms with E-state index in [1.54, 1.807) is 23.8 Å². The molecule has 0 spiro atoms. The maximum atomic E-state index is 13.3. The van der Waals surface area contributed by atoms with Gasteiger partial charge in [-0.05, 0) is 19.1 Å². The summed E-state index contributed by atoms with van der Waals surface area (Å²) in [6.07, 6.45) is 1.59. The number of aromatic nitrogens is 2. The summed E-state index contributed by atoms with van der Waals surface area (Å²) >= 11 is 5.88. The highest BCUT2D eigenvalue weighted by atomic mass is 35.5. The molecule has 0 fully saturated rings. The molecule has 0 saturated heterocycles. The summed E-state index contributed by atoms with van der Waals surface area (Å²) in [5.41, 5.74) is 1.37. The minimum atomic E-state index is -0.215. The average molecular weight is 254 g/mol. The number of hydrogen-bond donors (Lipinski definition) is 1. The second-order valence-corrected chi connectivity index (χ2v) is 4.21. The third-order valence-corrected chi connectivity index (χ3v) is 3.08. The number of benzene rings is 1. The largest absolute Gasteiger partial charge is 0.378 e. The highest BCUT2D eigenvalue weighted by Crippen LogP contribution is 2.18. The molecule has 0 amide bonds. The topological polar surface area (TPSA) is 29.9 Å². The van der Waals surface area contributed by atoms with E-state index in [9.17, 15) is 4.39 Å². The maximum absolute atomic E-state index is 13.3. The molecule has 0 bridgehead atoms. The van der Waals surface area contributed by atoms with E-state index in [0.717, 1.165) is 11.5 Å². The molecule has 2 rings (SSSR count). The van der Waals surface area contributed by atoms with Crippen LogP contribution in [0.1, 0.15) is 11.4 Å². The van der Waals surface area contributed by atoms with Crippen molar-refractivity contribution in [2.75, 3.05) is 5.32 Å². The summed E-state index contributed by atoms with van der Waals surface area (Å²) in [5.74, 6) is 0.589. The Morgan fingerprint density at radius 1 is 1.47 bits per heavy atom. The lowest BCUT2D eigenvalue weighted by molar-refractivity contribution is 0.619. The van der Waals surface area contributed by atoms with Crippen LogP contribution >= 0.6 is 11.6 Å². The van der Waals surface area contributed by atoms with Crippen LogP contribution in [-0.2, 0) is 13.6 Å². The minimum absolute atomic E-state index is 0.215. The first-order valence-corrected chi connectivity index (χ1v) is 5.62. The third kappa shape index (κ3) is 2.42. The summed E-state index contributed by atoms with van der Waals surface area (Å²) in [6.45, 7) is 2.25. The zero-order chi connectivity index (χ0) is 12.4. The first-order valence-electron chi connectivity index (χ1n) is 5.24. The number of nitrogens with zero attached hydrogens (tertiary/aromatic N) is 2. The van der Waals surface area contributed by atoms with Crippen molar-refractivity contribution in [2.45, 2.75) is 13.5 Å². The van der Waals surface area contributed by atoms with Gasteiger partial charge >= 0.3 is 0 Å². The van der Waals surface area contributed by atoms with Crippen LogP contribution in [0.3, 0.4) is 0 Å². The number of anilines is 1. The standard InChI is InChI=1S/C12H13ClFN3/c1-8-9(14)4-3-5-10(8)15-7-12-16-6-11(13)17(12)2/h3-6,15H,7H2,1-2H3. The molecule has 0 aliphatic rings. The van der Waals surface area contributed by atoms with Crippen LogP contribution in [0.15, 0.2) is 24.4 Å². The van der Waals surface area contributed by atoms with Crippen molar-refractivity contribution in [3.8, 4) is 0 Å². The van der Waals surface area contributed by atoms with Gasteiger partial charge in [0, 0.05) is 18.3 Å². The molecule has 0 unspecified atom stereocenters. The molecule has 3 nitrogen and oxygen atoms in total. The highest BCUT2D eigenvalue weighted by Gasteiger charge is 2.06. The molecule has 1 N–H and O–H groups in total. The van der Waals surface area contributed by atoms with Crippen molar-refractivity contribution in [3.05, 3.63) is 46.8 Å². The molecule has 0 aliphatic carbocycles. The number of imidazole rings is 1. The molecule has 1 heterocycles. The molecule has 90 valence electrons. The third-order valence-electron chi connectivity index (χ3n) is 2.73. The van der Waals surface area contributed by atoms with Gasteiger partial charge in [0.05, 0.1) is 12.7 Å². The summed E-state index contributed by atoms with van der Waals surface area (Å²) in [5, 5.41) is 3.72. The van der Waals surface area contributed by atoms with Crippen LogP contribution in [-0.4, -0.2) is 9.55 Å². The SMILES string of the molecule is Cc1c(F)cccc1NCc1ncc(Cl)n1C. The zero-order valence-corrected chi connectivity index (χ0v) is 10.4. The minimum Gasteiger partial charge on any atom is -0.378 e. The number of halogens is 2. The fraction of sp³-hybridized carbons (Fsp3) is 0.250. The predicted octanol–water partition coefficient (Wildman–Crippen LogP) is 3.13. The second-order valence-electron chi connectivity index (χ2n) is 3.82. The van der Waals surface area contributed by atoms with Gasteiger partial charge in [-0.25, -0.2) is 9.37 Å². The lowest BCUT2D eigenvalue weighted by atomic mass is 10.2. The van der Waals surface area contributed by atoms with Gasteiger partial charge < -0.3 is 9.88 Å². The molecule has 17 heavy (non-hydrogen) atoms. The average Bonchev–Trinajstić information content (AvgIpc) is 2.62. The normalized spacial score (nSPS) is 10.6. The molecule has 0 radical (unpaired) electrons. The zero-order valence-electron chi connectivity index (χ0n) is 9.67. The monoisotopic (exact) mass is 253 g/mol. The Morgan fingerprint density at radius 2 is 2.24 bits per heavy atom. The Balaban J connectivity index is 2.13. The van der Waals surface area contributed by atoms with E-state index in [2.05, 4.69) is 10.3 Å². The van der Waals surface area contributed by atoms with Crippen molar-refractivity contribution in [1.82, 2.24) is 9.55 Å². The summed E-state index contributed by atoms with van der Waals surface area (Å²) in [4.78, 5) is 4.16. The van der Waals surface area contributed by atoms with Gasteiger partial charge in [0.1, 0.15) is 16.8 Å². The fourth-order valence-corrected chi connectivity index (χ4v) is 1.71. The maximum Gasteiger partial charge on any atom is 0.128 e. The molecule has 1 aromatic carbocycles. The lowest BCUT2D eigenvalue weighted by Crippen LogP contribution is -2.07. The smallest absolute Gasteiger partial charge is 0.128 e. The molecule has 0 saturated carbocycles. The summed E-state index contributed by atoms with van der Waals surface area (Å²) < 4.78 is 15.1. The Labute approximate surface area is 104 Å². The van der Waals surface area contributed by atoms with Crippen LogP contribution in [0.25, 0.3) is 0 Å². The van der Waals surface area contributed by atoms with Crippen LogP contribution in [0.2, 0.25) is 5.15 Å². The summed E-state index contributed by atoms with van der Waals surface area (Å²) in [7, 11) is 1.84. The molecule has 0 aliphatic heterocycles. The van der Waals surface area contributed by atoms with Crippen LogP contribution in [0, 0.1) is 12.7 Å². The second kappa shape index (κ2) is 4.75. The van der Waals surface area contributed by atoms with Crippen molar-refractivity contribution in [1.29, 1.82) is 0 Å². The van der Waals surface area contributed by atoms with Crippen LogP contribution < -0.4 is 5.32 Å². The van der Waals surface area contributed by atoms with E-state index in [1.165, 1.54) is 6.07 Å². The summed E-state index contributed by atoms with van der Waals surface area (Å²) in [6, 6.07) is 4.96. The van der Waals surface area contributed by atoms with Gasteiger partial charge in [0.15, 0.2) is 0 Å². The van der Waals surface area contributed by atoms with Gasteiger partial charge in [0.2, 0.25) is 0 Å². The molecule has 1 aromatic heterocycles. The Kier molecular flexibility index (Phi) is 3.33. The first-order chi connectivity index (χ1) is 8.09. The Hall–Kier alpha value is -1.55. The lowest BCUT2D eigenvalue weighted by Gasteiger charge is -2.10. The van der Waals surface area contributed by atoms with E-state index in [4.69, 9.17) is 11.6 Å². The number of hydrogen-bond acceptors (Lipinski definition) is 2. The predicted molar refractivity (Wildman–Crippen MR) is 66.7 cm³/mol. The highest BCUT2D eigenvalue weighted by molar-refractivity contribution is 6.29. The fourth-order valence-electron chi connectivity index (χ4n) is 1.56. The van der Waals surface area contributed by atoms with Crippen LogP contribution in [0.4, 0.5) is 10.1 Å². The Morgan fingerprint density at radius 3 is 2.88 bits per heavy atom. The van der Waals surface area contributed by atoms with E-state index >= 15 is 0 Å². The van der Waals surface area contributed by atoms with Crippen molar-refractivity contribution >= 4 is 17.3 Å². The van der Waals surface area contributed by atoms with Gasteiger partial charge in [0.25, 0.3) is 0 Å². The van der Waals surface area contributed by atoms with Gasteiger partial charge in [-0.2, -0.15) is 0 Å². The quantitative estimate of drug-likeness (QED) is 0.911. The van der Waals surface area contributed by atoms with E-state index in [-0.39, 0.29) is 5.82 Å². The van der Waals surface area contributed by atoms with E-state index in [1.807, 2.05) is 13.1 Å². The van der Waals surface area contributed by atoms with Crippen molar-refractivity contribution in [2.24, 2.45) is 7.05 Å². The molecular weight excluding hydrogens is 241 g/mol. The molecule has 5 heteroatoms. The van der Waals surface area contributed by atoms with E-state index < -0.39 is 0 Å². The van der Waals surface area contributed by atoms with Crippen molar-refractivity contribution in [3.63, 3.8) is 0 Å². The van der Waals surface area contributed by atoms with Gasteiger partial charge in [-0.3, -0.25) is 0 Å². The molecule has 2 aromatic rings. The van der Waals surface area contributed by atoms with Gasteiger partial charge in [-0.1, -0.05) is 17.7 Å².